The van der Waals surface area contributed by atoms with Gasteiger partial charge < -0.3 is 14.1 Å². The minimum absolute atomic E-state index is 0.0332. The van der Waals surface area contributed by atoms with Crippen LogP contribution in [0.25, 0.3) is 0 Å². The molecule has 118 valence electrons. The number of carbonyl (C=O) groups is 1. The molecule has 0 aromatic carbocycles. The van der Waals surface area contributed by atoms with E-state index in [1.165, 1.54) is 4.88 Å². The summed E-state index contributed by atoms with van der Waals surface area (Å²) >= 11 is 4.99. The van der Waals surface area contributed by atoms with Crippen LogP contribution in [0.1, 0.15) is 28.3 Å². The Kier molecular flexibility index (Phi) is 5.33. The number of nitrogens with zero attached hydrogens (tertiary/aromatic N) is 1. The molecule has 4 nitrogen and oxygen atoms in total. The Morgan fingerprint density at radius 1 is 1.32 bits per heavy atom. The normalized spacial score (nSPS) is 15.9. The number of hydrogen-bond acceptors (Lipinski definition) is 4. The maximum Gasteiger partial charge on any atom is 0.289 e. The summed E-state index contributed by atoms with van der Waals surface area (Å²) in [4.78, 5) is 16.0. The quantitative estimate of drug-likeness (QED) is 0.784. The summed E-state index contributed by atoms with van der Waals surface area (Å²) in [5, 5.41) is 2.07. The van der Waals surface area contributed by atoms with Crippen molar-refractivity contribution in [3.63, 3.8) is 0 Å². The molecule has 2 aromatic rings. The van der Waals surface area contributed by atoms with E-state index in [9.17, 15) is 4.79 Å². The van der Waals surface area contributed by atoms with Crippen molar-refractivity contribution in [2.24, 2.45) is 0 Å². The molecule has 1 aliphatic rings. The van der Waals surface area contributed by atoms with E-state index in [1.807, 2.05) is 11.0 Å². The lowest BCUT2D eigenvalue weighted by Gasteiger charge is -2.33. The molecule has 1 amide bonds. The van der Waals surface area contributed by atoms with E-state index in [-0.39, 0.29) is 11.9 Å². The van der Waals surface area contributed by atoms with Crippen molar-refractivity contribution >= 4 is 33.2 Å². The number of hydrogen-bond donors (Lipinski definition) is 0. The summed E-state index contributed by atoms with van der Waals surface area (Å²) in [6.07, 6.45) is 2.65. The summed E-state index contributed by atoms with van der Waals surface area (Å²) in [5.74, 6) is 0.360. The van der Waals surface area contributed by atoms with Crippen molar-refractivity contribution in [3.05, 3.63) is 45.0 Å². The summed E-state index contributed by atoms with van der Waals surface area (Å²) in [7, 11) is 0. The number of thiophene rings is 1. The number of amides is 1. The van der Waals surface area contributed by atoms with E-state index < -0.39 is 0 Å². The fraction of sp³-hybridized carbons (Fsp3) is 0.438. The van der Waals surface area contributed by atoms with Crippen molar-refractivity contribution in [3.8, 4) is 0 Å². The molecule has 22 heavy (non-hydrogen) atoms. The predicted molar refractivity (Wildman–Crippen MR) is 89.3 cm³/mol. The first kappa shape index (κ1) is 15.8. The molecule has 6 heteroatoms. The number of furan rings is 1. The first-order chi connectivity index (χ1) is 10.7. The van der Waals surface area contributed by atoms with Gasteiger partial charge in [0.05, 0.1) is 0 Å². The van der Waals surface area contributed by atoms with Crippen molar-refractivity contribution < 1.29 is 13.9 Å². The zero-order chi connectivity index (χ0) is 15.4. The van der Waals surface area contributed by atoms with Crippen molar-refractivity contribution in [1.82, 2.24) is 4.90 Å². The number of rotatable bonds is 5. The standard InChI is InChI=1S/C16H18BrNO3S/c17-15-4-3-14(21-15)16(19)18(12-6-9-20-10-7-12)8-5-13-2-1-11-22-13/h1-4,11-12H,5-10H2. The molecule has 0 N–H and O–H groups in total. The SMILES string of the molecule is O=C(c1ccc(Br)o1)N(CCc1cccs1)C1CCOCC1. The van der Waals surface area contributed by atoms with Gasteiger partial charge in [-0.05, 0) is 58.8 Å². The van der Waals surface area contributed by atoms with Gasteiger partial charge in [-0.25, -0.2) is 0 Å². The van der Waals surface area contributed by atoms with Crippen LogP contribution in [0, 0.1) is 0 Å². The molecular formula is C16H18BrNO3S. The third-order valence-electron chi connectivity index (χ3n) is 3.86. The molecule has 1 fully saturated rings. The lowest BCUT2D eigenvalue weighted by atomic mass is 10.1. The number of halogens is 1. The smallest absolute Gasteiger partial charge is 0.289 e. The number of carbonyl (C=O) groups excluding carboxylic acids is 1. The van der Waals surface area contributed by atoms with Crippen LogP contribution in [-0.2, 0) is 11.2 Å². The molecule has 2 aromatic heterocycles. The van der Waals surface area contributed by atoms with Gasteiger partial charge in [-0.2, -0.15) is 0 Å². The lowest BCUT2D eigenvalue weighted by Crippen LogP contribution is -2.44. The third-order valence-corrected chi connectivity index (χ3v) is 5.22. The average Bonchev–Trinajstić information content (AvgIpc) is 3.20. The molecule has 1 aliphatic heterocycles. The highest BCUT2D eigenvalue weighted by molar-refractivity contribution is 9.10. The van der Waals surface area contributed by atoms with E-state index in [1.54, 1.807) is 23.5 Å². The molecule has 0 radical (unpaired) electrons. The number of ether oxygens (including phenoxy) is 1. The Morgan fingerprint density at radius 3 is 2.77 bits per heavy atom. The molecule has 0 aliphatic carbocycles. The fourth-order valence-electron chi connectivity index (χ4n) is 2.70. The predicted octanol–water partition coefficient (Wildman–Crippen LogP) is 3.97. The van der Waals surface area contributed by atoms with Gasteiger partial charge >= 0.3 is 0 Å². The Balaban J connectivity index is 1.73. The van der Waals surface area contributed by atoms with Gasteiger partial charge in [0.15, 0.2) is 10.4 Å². The minimum atomic E-state index is -0.0332. The Morgan fingerprint density at radius 2 is 2.14 bits per heavy atom. The first-order valence-corrected chi connectivity index (χ1v) is 9.08. The Hall–Kier alpha value is -1.11. The Bertz CT molecular complexity index is 605. The molecule has 0 saturated carbocycles. The monoisotopic (exact) mass is 383 g/mol. The molecule has 3 rings (SSSR count). The largest absolute Gasteiger partial charge is 0.444 e. The highest BCUT2D eigenvalue weighted by atomic mass is 79.9. The van der Waals surface area contributed by atoms with Crippen molar-refractivity contribution in [1.29, 1.82) is 0 Å². The summed E-state index contributed by atoms with van der Waals surface area (Å²) in [6, 6.07) is 7.87. The van der Waals surface area contributed by atoms with Gasteiger partial charge in [0.2, 0.25) is 0 Å². The first-order valence-electron chi connectivity index (χ1n) is 7.40. The van der Waals surface area contributed by atoms with E-state index in [4.69, 9.17) is 9.15 Å². The van der Waals surface area contributed by atoms with Gasteiger partial charge in [-0.1, -0.05) is 6.07 Å². The van der Waals surface area contributed by atoms with Gasteiger partial charge in [0.1, 0.15) is 0 Å². The third kappa shape index (κ3) is 3.80. The molecule has 0 spiro atoms. The maximum absolute atomic E-state index is 12.8. The van der Waals surface area contributed by atoms with Gasteiger partial charge in [-0.15, -0.1) is 11.3 Å². The molecule has 0 atom stereocenters. The second-order valence-corrected chi connectivity index (χ2v) is 7.09. The van der Waals surface area contributed by atoms with E-state index in [0.29, 0.717) is 17.0 Å². The van der Waals surface area contributed by atoms with Crippen LogP contribution < -0.4 is 0 Å². The summed E-state index contributed by atoms with van der Waals surface area (Å²) in [6.45, 7) is 2.15. The molecule has 1 saturated heterocycles. The highest BCUT2D eigenvalue weighted by Crippen LogP contribution is 2.22. The zero-order valence-electron chi connectivity index (χ0n) is 12.2. The summed E-state index contributed by atoms with van der Waals surface area (Å²) in [5.41, 5.74) is 0. The van der Waals surface area contributed by atoms with E-state index in [2.05, 4.69) is 27.4 Å². The van der Waals surface area contributed by atoms with Crippen LogP contribution in [0.5, 0.6) is 0 Å². The molecule has 0 bridgehead atoms. The minimum Gasteiger partial charge on any atom is -0.444 e. The molecule has 0 unspecified atom stereocenters. The zero-order valence-corrected chi connectivity index (χ0v) is 14.6. The molecular weight excluding hydrogens is 366 g/mol. The van der Waals surface area contributed by atoms with Crippen molar-refractivity contribution in [2.45, 2.75) is 25.3 Å². The van der Waals surface area contributed by atoms with Crippen LogP contribution >= 0.6 is 27.3 Å². The summed E-state index contributed by atoms with van der Waals surface area (Å²) < 4.78 is 11.5. The van der Waals surface area contributed by atoms with Gasteiger partial charge in [0.25, 0.3) is 5.91 Å². The van der Waals surface area contributed by atoms with Gasteiger partial charge in [-0.3, -0.25) is 4.79 Å². The van der Waals surface area contributed by atoms with E-state index in [0.717, 1.165) is 32.5 Å². The highest BCUT2D eigenvalue weighted by Gasteiger charge is 2.28. The topological polar surface area (TPSA) is 42.7 Å². The fourth-order valence-corrected chi connectivity index (χ4v) is 3.71. The van der Waals surface area contributed by atoms with Crippen molar-refractivity contribution in [2.75, 3.05) is 19.8 Å². The Labute approximate surface area is 142 Å². The maximum atomic E-state index is 12.8. The van der Waals surface area contributed by atoms with Crippen LogP contribution in [0.2, 0.25) is 0 Å². The average molecular weight is 384 g/mol. The van der Waals surface area contributed by atoms with Crippen LogP contribution in [0.3, 0.4) is 0 Å². The van der Waals surface area contributed by atoms with Crippen LogP contribution in [0.15, 0.2) is 38.7 Å². The van der Waals surface area contributed by atoms with Crippen LogP contribution in [-0.4, -0.2) is 36.6 Å². The molecule has 3 heterocycles. The van der Waals surface area contributed by atoms with Crippen LogP contribution in [0.4, 0.5) is 0 Å². The van der Waals surface area contributed by atoms with E-state index >= 15 is 0 Å². The lowest BCUT2D eigenvalue weighted by molar-refractivity contribution is 0.0276. The van der Waals surface area contributed by atoms with Gasteiger partial charge in [0, 0.05) is 30.7 Å². The second-order valence-electron chi connectivity index (χ2n) is 5.28. The second kappa shape index (κ2) is 7.44.